The lowest BCUT2D eigenvalue weighted by molar-refractivity contribution is -0.122. The minimum absolute atomic E-state index is 0.0916. The Morgan fingerprint density at radius 3 is 2.03 bits per heavy atom. The van der Waals surface area contributed by atoms with Gasteiger partial charge >= 0.3 is 0 Å². The molecule has 2 aromatic carbocycles. The molecule has 0 radical (unpaired) electrons. The largest absolute Gasteiger partial charge is 0.457 e. The zero-order chi connectivity index (χ0) is 20.8. The maximum atomic E-state index is 12.9. The molecule has 1 saturated heterocycles. The van der Waals surface area contributed by atoms with E-state index in [-0.39, 0.29) is 35.0 Å². The highest BCUT2D eigenvalue weighted by atomic mass is 16.5. The monoisotopic (exact) mass is 389 g/mol. The number of rotatable bonds is 3. The van der Waals surface area contributed by atoms with Gasteiger partial charge in [-0.15, -0.1) is 0 Å². The van der Waals surface area contributed by atoms with Crippen LogP contribution in [0.15, 0.2) is 60.7 Å². The summed E-state index contributed by atoms with van der Waals surface area (Å²) in [5.74, 6) is 0.845. The van der Waals surface area contributed by atoms with Gasteiger partial charge in [0.2, 0.25) is 11.8 Å². The Bertz CT molecular complexity index is 951. The zero-order valence-corrected chi connectivity index (χ0v) is 17.4. The zero-order valence-electron chi connectivity index (χ0n) is 17.4. The van der Waals surface area contributed by atoms with Gasteiger partial charge in [-0.3, -0.25) is 14.5 Å². The molecule has 0 saturated carbocycles. The van der Waals surface area contributed by atoms with E-state index in [9.17, 15) is 9.59 Å². The quantitative estimate of drug-likeness (QED) is 0.516. The molecule has 4 nitrogen and oxygen atoms in total. The molecule has 0 N–H and O–H groups in total. The van der Waals surface area contributed by atoms with E-state index in [1.807, 2.05) is 31.2 Å². The van der Waals surface area contributed by atoms with Crippen LogP contribution in [0, 0.1) is 17.8 Å². The van der Waals surface area contributed by atoms with Crippen LogP contribution in [0.25, 0.3) is 0 Å². The molecule has 4 rings (SSSR count). The molecule has 4 heteroatoms. The summed E-state index contributed by atoms with van der Waals surface area (Å²) in [6, 6.07) is 15.2. The Morgan fingerprint density at radius 1 is 0.897 bits per heavy atom. The summed E-state index contributed by atoms with van der Waals surface area (Å²) in [5.41, 5.74) is 1.95. The topological polar surface area (TPSA) is 46.6 Å². The third-order valence-corrected chi connectivity index (χ3v) is 5.92. The third kappa shape index (κ3) is 3.59. The highest BCUT2D eigenvalue weighted by molar-refractivity contribution is 6.22. The molecule has 0 aromatic heterocycles. The van der Waals surface area contributed by atoms with Gasteiger partial charge in [-0.25, -0.2) is 0 Å². The Balaban J connectivity index is 1.50. The highest BCUT2D eigenvalue weighted by Crippen LogP contribution is 2.40. The molecule has 0 spiro atoms. The fourth-order valence-corrected chi connectivity index (χ4v) is 4.22. The molecule has 1 aliphatic heterocycles. The Kier molecular flexibility index (Phi) is 4.81. The van der Waals surface area contributed by atoms with E-state index in [2.05, 4.69) is 32.9 Å². The molecule has 1 heterocycles. The van der Waals surface area contributed by atoms with Crippen LogP contribution in [0.5, 0.6) is 11.5 Å². The predicted molar refractivity (Wildman–Crippen MR) is 114 cm³/mol. The highest BCUT2D eigenvalue weighted by Gasteiger charge is 2.50. The first kappa shape index (κ1) is 19.4. The van der Waals surface area contributed by atoms with Crippen LogP contribution in [0.4, 0.5) is 5.69 Å². The van der Waals surface area contributed by atoms with E-state index in [0.29, 0.717) is 17.9 Å². The van der Waals surface area contributed by atoms with E-state index in [0.717, 1.165) is 5.75 Å². The van der Waals surface area contributed by atoms with E-state index >= 15 is 0 Å². The van der Waals surface area contributed by atoms with Gasteiger partial charge in [0.05, 0.1) is 17.5 Å². The maximum Gasteiger partial charge on any atom is 0.238 e. The van der Waals surface area contributed by atoms with Gasteiger partial charge in [0.25, 0.3) is 0 Å². The maximum absolute atomic E-state index is 12.9. The van der Waals surface area contributed by atoms with E-state index in [1.165, 1.54) is 10.5 Å². The number of hydrogen-bond donors (Lipinski definition) is 0. The summed E-state index contributed by atoms with van der Waals surface area (Å²) in [4.78, 5) is 27.1. The van der Waals surface area contributed by atoms with Crippen LogP contribution in [0.2, 0.25) is 0 Å². The summed E-state index contributed by atoms with van der Waals surface area (Å²) < 4.78 is 5.93. The summed E-state index contributed by atoms with van der Waals surface area (Å²) in [5, 5.41) is 0. The Labute approximate surface area is 172 Å². The fraction of sp³-hybridized carbons (Fsp3) is 0.360. The van der Waals surface area contributed by atoms with Crippen molar-refractivity contribution >= 4 is 17.5 Å². The minimum Gasteiger partial charge on any atom is -0.457 e. The first-order chi connectivity index (χ1) is 13.8. The van der Waals surface area contributed by atoms with Crippen molar-refractivity contribution in [2.24, 2.45) is 17.8 Å². The second-order valence-corrected chi connectivity index (χ2v) is 9.04. The fourth-order valence-electron chi connectivity index (χ4n) is 4.22. The number of hydrogen-bond acceptors (Lipinski definition) is 3. The molecule has 2 aromatic rings. The number of ether oxygens (including phenoxy) is 1. The second kappa shape index (κ2) is 7.18. The van der Waals surface area contributed by atoms with Gasteiger partial charge in [0.15, 0.2) is 0 Å². The molecule has 0 unspecified atom stereocenters. The summed E-state index contributed by atoms with van der Waals surface area (Å²) in [7, 11) is 0. The number of fused-ring (bicyclic) bond motifs is 1. The lowest BCUT2D eigenvalue weighted by Gasteiger charge is -2.22. The smallest absolute Gasteiger partial charge is 0.238 e. The Hall–Kier alpha value is -2.88. The number of anilines is 1. The molecule has 150 valence electrons. The molecule has 1 fully saturated rings. The number of carbonyl (C=O) groups is 2. The number of carbonyl (C=O) groups excluding carboxylic acids is 2. The molecule has 29 heavy (non-hydrogen) atoms. The summed E-state index contributed by atoms with van der Waals surface area (Å²) in [6.07, 6.45) is 4.70. The Morgan fingerprint density at radius 2 is 1.48 bits per heavy atom. The van der Waals surface area contributed by atoms with Crippen molar-refractivity contribution in [3.8, 4) is 11.5 Å². The van der Waals surface area contributed by atoms with Crippen molar-refractivity contribution in [1.29, 1.82) is 0 Å². The van der Waals surface area contributed by atoms with Crippen molar-refractivity contribution in [2.75, 3.05) is 4.90 Å². The summed E-state index contributed by atoms with van der Waals surface area (Å²) in [6.45, 7) is 8.53. The van der Waals surface area contributed by atoms with Crippen LogP contribution < -0.4 is 9.64 Å². The second-order valence-electron chi connectivity index (χ2n) is 9.04. The van der Waals surface area contributed by atoms with Crippen molar-refractivity contribution in [3.63, 3.8) is 0 Å². The molecule has 3 atom stereocenters. The number of imide groups is 1. The van der Waals surface area contributed by atoms with Gasteiger partial charge in [0, 0.05) is 0 Å². The number of allylic oxidation sites excluding steroid dienone is 2. The molecular formula is C25H27NO3. The number of amides is 2. The van der Waals surface area contributed by atoms with Gasteiger partial charge < -0.3 is 4.74 Å². The number of benzene rings is 2. The van der Waals surface area contributed by atoms with E-state index in [4.69, 9.17) is 4.74 Å². The van der Waals surface area contributed by atoms with Crippen molar-refractivity contribution in [2.45, 2.75) is 39.5 Å². The van der Waals surface area contributed by atoms with Crippen LogP contribution in [0.3, 0.4) is 0 Å². The average molecular weight is 389 g/mol. The van der Waals surface area contributed by atoms with Crippen molar-refractivity contribution in [3.05, 3.63) is 66.2 Å². The lowest BCUT2D eigenvalue weighted by atomic mass is 9.78. The number of nitrogens with zero attached hydrogens (tertiary/aromatic N) is 1. The van der Waals surface area contributed by atoms with Gasteiger partial charge in [0.1, 0.15) is 11.5 Å². The van der Waals surface area contributed by atoms with Crippen LogP contribution >= 0.6 is 0 Å². The normalized spacial score (nSPS) is 24.0. The minimum atomic E-state index is -0.246. The van der Waals surface area contributed by atoms with Crippen LogP contribution in [-0.4, -0.2) is 11.8 Å². The van der Waals surface area contributed by atoms with E-state index in [1.54, 1.807) is 24.3 Å². The molecule has 1 aliphatic carbocycles. The SMILES string of the molecule is C[C@@H]1C=CC[C@@H]2C(=O)N(c3ccc(Oc4ccc(C(C)(C)C)cc4)cc3)C(=O)[C@@H]12. The standard InChI is InChI=1S/C25H27NO3/c1-16-6-5-7-21-22(16)24(28)26(23(21)27)18-10-14-20(15-11-18)29-19-12-8-17(9-13-19)25(2,3)4/h5-6,8-16,21-22H,7H2,1-4H3/t16-,21+,22+/m1/s1. The first-order valence-corrected chi connectivity index (χ1v) is 10.2. The van der Waals surface area contributed by atoms with Gasteiger partial charge in [-0.2, -0.15) is 0 Å². The third-order valence-electron chi connectivity index (χ3n) is 5.92. The van der Waals surface area contributed by atoms with Gasteiger partial charge in [-0.05, 0) is 59.7 Å². The van der Waals surface area contributed by atoms with E-state index < -0.39 is 0 Å². The molecule has 2 aliphatic rings. The van der Waals surface area contributed by atoms with Crippen LogP contribution in [-0.2, 0) is 15.0 Å². The van der Waals surface area contributed by atoms with Gasteiger partial charge in [-0.1, -0.05) is 52.0 Å². The van der Waals surface area contributed by atoms with Crippen LogP contribution in [0.1, 0.15) is 39.7 Å². The average Bonchev–Trinajstić information content (AvgIpc) is 2.94. The summed E-state index contributed by atoms with van der Waals surface area (Å²) >= 11 is 0. The lowest BCUT2D eigenvalue weighted by Crippen LogP contribution is -2.31. The molecule has 0 bridgehead atoms. The predicted octanol–water partition coefficient (Wildman–Crippen LogP) is 5.48. The molecule has 2 amide bonds. The van der Waals surface area contributed by atoms with Crippen molar-refractivity contribution in [1.82, 2.24) is 0 Å². The molecular weight excluding hydrogens is 362 g/mol. The first-order valence-electron chi connectivity index (χ1n) is 10.2. The van der Waals surface area contributed by atoms with Crippen molar-refractivity contribution < 1.29 is 14.3 Å².